The van der Waals surface area contributed by atoms with Gasteiger partial charge in [0.1, 0.15) is 0 Å². The number of amides is 2. The molecule has 1 heterocycles. The third-order valence-electron chi connectivity index (χ3n) is 4.60. The van der Waals surface area contributed by atoms with Crippen LogP contribution in [0.2, 0.25) is 0 Å². The van der Waals surface area contributed by atoms with E-state index in [0.717, 1.165) is 12.0 Å². The molecular formula is C23H20N2O4. The second-order valence-electron chi connectivity index (χ2n) is 6.56. The van der Waals surface area contributed by atoms with Crippen molar-refractivity contribution >= 4 is 17.5 Å². The largest absolute Gasteiger partial charge is 0.454 e. The van der Waals surface area contributed by atoms with Gasteiger partial charge in [-0.1, -0.05) is 42.5 Å². The first-order valence-electron chi connectivity index (χ1n) is 9.33. The summed E-state index contributed by atoms with van der Waals surface area (Å²) in [6.07, 6.45) is 0.734. The monoisotopic (exact) mass is 388 g/mol. The molecule has 3 aromatic carbocycles. The SMILES string of the molecule is O=C(Nc1ccccc1C(=O)NCCc1ccccc1)c1ccc2c(c1)OCO2. The quantitative estimate of drug-likeness (QED) is 0.676. The summed E-state index contributed by atoms with van der Waals surface area (Å²) >= 11 is 0. The maximum absolute atomic E-state index is 12.6. The Morgan fingerprint density at radius 3 is 2.45 bits per heavy atom. The maximum atomic E-state index is 12.6. The van der Waals surface area contributed by atoms with E-state index in [2.05, 4.69) is 10.6 Å². The minimum atomic E-state index is -0.326. The Labute approximate surface area is 168 Å². The lowest BCUT2D eigenvalue weighted by Crippen LogP contribution is -2.27. The number of carbonyl (C=O) groups is 2. The number of carbonyl (C=O) groups excluding carboxylic acids is 2. The summed E-state index contributed by atoms with van der Waals surface area (Å²) in [5.74, 6) is 0.583. The van der Waals surface area contributed by atoms with Gasteiger partial charge >= 0.3 is 0 Å². The van der Waals surface area contributed by atoms with Crippen LogP contribution in [0, 0.1) is 0 Å². The molecule has 6 nitrogen and oxygen atoms in total. The molecule has 0 fully saturated rings. The van der Waals surface area contributed by atoms with Crippen LogP contribution >= 0.6 is 0 Å². The lowest BCUT2D eigenvalue weighted by atomic mass is 10.1. The van der Waals surface area contributed by atoms with Gasteiger partial charge in [0.05, 0.1) is 11.3 Å². The average molecular weight is 388 g/mol. The summed E-state index contributed by atoms with van der Waals surface area (Å²) in [7, 11) is 0. The molecule has 4 rings (SSSR count). The number of hydrogen-bond acceptors (Lipinski definition) is 4. The number of benzene rings is 3. The minimum Gasteiger partial charge on any atom is -0.454 e. The first kappa shape index (κ1) is 18.6. The van der Waals surface area contributed by atoms with Gasteiger partial charge in [0.15, 0.2) is 11.5 Å². The van der Waals surface area contributed by atoms with Crippen LogP contribution in [0.15, 0.2) is 72.8 Å². The van der Waals surface area contributed by atoms with Crippen molar-refractivity contribution in [1.82, 2.24) is 5.32 Å². The third-order valence-corrected chi connectivity index (χ3v) is 4.60. The summed E-state index contributed by atoms with van der Waals surface area (Å²) in [6, 6.07) is 21.8. The third kappa shape index (κ3) is 4.38. The fourth-order valence-corrected chi connectivity index (χ4v) is 3.08. The van der Waals surface area contributed by atoms with Crippen LogP contribution in [-0.4, -0.2) is 25.2 Å². The highest BCUT2D eigenvalue weighted by atomic mass is 16.7. The minimum absolute atomic E-state index is 0.145. The first-order valence-corrected chi connectivity index (χ1v) is 9.33. The van der Waals surface area contributed by atoms with Crippen LogP contribution in [0.1, 0.15) is 26.3 Å². The Bertz CT molecular complexity index is 1030. The molecule has 0 bridgehead atoms. The highest BCUT2D eigenvalue weighted by Gasteiger charge is 2.18. The van der Waals surface area contributed by atoms with E-state index < -0.39 is 0 Å². The Balaban J connectivity index is 1.42. The van der Waals surface area contributed by atoms with Gasteiger partial charge in [-0.25, -0.2) is 0 Å². The van der Waals surface area contributed by atoms with E-state index >= 15 is 0 Å². The zero-order valence-corrected chi connectivity index (χ0v) is 15.7. The fraction of sp³-hybridized carbons (Fsp3) is 0.130. The molecule has 0 saturated carbocycles. The van der Waals surface area contributed by atoms with E-state index in [-0.39, 0.29) is 18.6 Å². The lowest BCUT2D eigenvalue weighted by Gasteiger charge is -2.12. The van der Waals surface area contributed by atoms with Gasteiger partial charge in [-0.15, -0.1) is 0 Å². The van der Waals surface area contributed by atoms with Gasteiger partial charge in [-0.05, 0) is 42.3 Å². The molecule has 2 amide bonds. The summed E-state index contributed by atoms with van der Waals surface area (Å²) in [6.45, 7) is 0.652. The number of nitrogens with one attached hydrogen (secondary N) is 2. The number of hydrogen-bond donors (Lipinski definition) is 2. The molecule has 3 aromatic rings. The van der Waals surface area contributed by atoms with E-state index in [4.69, 9.17) is 9.47 Å². The van der Waals surface area contributed by atoms with Crippen molar-refractivity contribution in [1.29, 1.82) is 0 Å². The summed E-state index contributed by atoms with van der Waals surface area (Å²) in [4.78, 5) is 25.3. The highest BCUT2D eigenvalue weighted by molar-refractivity contribution is 6.09. The molecule has 1 aliphatic heterocycles. The molecule has 0 saturated heterocycles. The number of fused-ring (bicyclic) bond motifs is 1. The second-order valence-corrected chi connectivity index (χ2v) is 6.56. The van der Waals surface area contributed by atoms with Gasteiger partial charge in [0, 0.05) is 12.1 Å². The van der Waals surface area contributed by atoms with Crippen molar-refractivity contribution in [2.24, 2.45) is 0 Å². The predicted molar refractivity (Wildman–Crippen MR) is 109 cm³/mol. The zero-order chi connectivity index (χ0) is 20.1. The van der Waals surface area contributed by atoms with Crippen molar-refractivity contribution in [3.8, 4) is 11.5 Å². The van der Waals surface area contributed by atoms with Crippen molar-refractivity contribution in [2.75, 3.05) is 18.7 Å². The van der Waals surface area contributed by atoms with Crippen LogP contribution < -0.4 is 20.1 Å². The van der Waals surface area contributed by atoms with E-state index in [0.29, 0.717) is 34.9 Å². The van der Waals surface area contributed by atoms with Gasteiger partial charge in [-0.2, -0.15) is 0 Å². The molecule has 0 aromatic heterocycles. The van der Waals surface area contributed by atoms with Crippen LogP contribution in [0.4, 0.5) is 5.69 Å². The molecule has 0 radical (unpaired) electrons. The topological polar surface area (TPSA) is 76.7 Å². The zero-order valence-electron chi connectivity index (χ0n) is 15.7. The van der Waals surface area contributed by atoms with Crippen molar-refractivity contribution in [3.63, 3.8) is 0 Å². The molecular weight excluding hydrogens is 368 g/mol. The molecule has 2 N–H and O–H groups in total. The van der Waals surface area contributed by atoms with Gasteiger partial charge in [-0.3, -0.25) is 9.59 Å². The summed E-state index contributed by atoms with van der Waals surface area (Å²) in [5.41, 5.74) is 2.44. The van der Waals surface area contributed by atoms with Crippen LogP contribution in [0.3, 0.4) is 0 Å². The summed E-state index contributed by atoms with van der Waals surface area (Å²) < 4.78 is 10.6. The molecule has 0 spiro atoms. The Hall–Kier alpha value is -3.80. The molecule has 146 valence electrons. The van der Waals surface area contributed by atoms with Crippen molar-refractivity contribution < 1.29 is 19.1 Å². The Morgan fingerprint density at radius 1 is 0.828 bits per heavy atom. The number of para-hydroxylation sites is 1. The second kappa shape index (κ2) is 8.48. The molecule has 29 heavy (non-hydrogen) atoms. The lowest BCUT2D eigenvalue weighted by molar-refractivity contribution is 0.0955. The molecule has 0 aliphatic carbocycles. The van der Waals surface area contributed by atoms with Crippen LogP contribution in [-0.2, 0) is 6.42 Å². The smallest absolute Gasteiger partial charge is 0.255 e. The van der Waals surface area contributed by atoms with Crippen LogP contribution in [0.5, 0.6) is 11.5 Å². The average Bonchev–Trinajstić information content (AvgIpc) is 3.22. The van der Waals surface area contributed by atoms with E-state index in [1.54, 1.807) is 42.5 Å². The van der Waals surface area contributed by atoms with Crippen molar-refractivity contribution in [2.45, 2.75) is 6.42 Å². The van der Waals surface area contributed by atoms with Gasteiger partial charge in [0.25, 0.3) is 11.8 Å². The molecule has 0 unspecified atom stereocenters. The van der Waals surface area contributed by atoms with E-state index in [1.165, 1.54) is 0 Å². The number of ether oxygens (including phenoxy) is 2. The van der Waals surface area contributed by atoms with Gasteiger partial charge < -0.3 is 20.1 Å². The van der Waals surface area contributed by atoms with Gasteiger partial charge in [0.2, 0.25) is 6.79 Å². The Morgan fingerprint density at radius 2 is 1.59 bits per heavy atom. The molecule has 1 aliphatic rings. The fourth-order valence-electron chi connectivity index (χ4n) is 3.08. The normalized spacial score (nSPS) is 11.7. The van der Waals surface area contributed by atoms with E-state index in [1.807, 2.05) is 30.3 Å². The number of rotatable bonds is 6. The first-order chi connectivity index (χ1) is 14.2. The molecule has 6 heteroatoms. The van der Waals surface area contributed by atoms with Crippen molar-refractivity contribution in [3.05, 3.63) is 89.5 Å². The predicted octanol–water partition coefficient (Wildman–Crippen LogP) is 3.64. The number of anilines is 1. The standard InChI is InChI=1S/C23H20N2O4/c26-22(17-10-11-20-21(14-17)29-15-28-20)25-19-9-5-4-8-18(19)23(27)24-13-12-16-6-2-1-3-7-16/h1-11,14H,12-13,15H2,(H,24,27)(H,25,26). The van der Waals surface area contributed by atoms with Crippen LogP contribution in [0.25, 0.3) is 0 Å². The maximum Gasteiger partial charge on any atom is 0.255 e. The molecule has 0 atom stereocenters. The highest BCUT2D eigenvalue weighted by Crippen LogP contribution is 2.32. The Kier molecular flexibility index (Phi) is 5.42. The van der Waals surface area contributed by atoms with E-state index in [9.17, 15) is 9.59 Å². The summed E-state index contributed by atoms with van der Waals surface area (Å²) in [5, 5.41) is 5.72.